The lowest BCUT2D eigenvalue weighted by Gasteiger charge is -2.19. The molecule has 10 heteroatoms. The van der Waals surface area contributed by atoms with Gasteiger partial charge >= 0.3 is 12.4 Å². The first-order valence-corrected chi connectivity index (χ1v) is 11.8. The number of hydrogen-bond donors (Lipinski definition) is 2. The van der Waals surface area contributed by atoms with Crippen LogP contribution in [0.25, 0.3) is 0 Å². The van der Waals surface area contributed by atoms with E-state index in [0.717, 1.165) is 25.7 Å². The molecular formula is C25H36F6N2O2. The van der Waals surface area contributed by atoms with E-state index in [0.29, 0.717) is 25.0 Å². The Kier molecular flexibility index (Phi) is 10.2. The van der Waals surface area contributed by atoms with Crippen LogP contribution in [0.2, 0.25) is 0 Å². The molecule has 1 aromatic rings. The minimum absolute atomic E-state index is 0.0202. The molecule has 0 saturated heterocycles. The topological polar surface area (TPSA) is 58.2 Å². The van der Waals surface area contributed by atoms with Crippen molar-refractivity contribution >= 4 is 11.8 Å². The number of amides is 2. The maximum atomic E-state index is 12.9. The second kappa shape index (κ2) is 11.6. The van der Waals surface area contributed by atoms with Crippen LogP contribution in [0, 0.1) is 5.41 Å². The van der Waals surface area contributed by atoms with Crippen LogP contribution in [0.3, 0.4) is 0 Å². The van der Waals surface area contributed by atoms with E-state index >= 15 is 0 Å². The van der Waals surface area contributed by atoms with E-state index in [9.17, 15) is 35.9 Å². The van der Waals surface area contributed by atoms with Crippen molar-refractivity contribution in [2.75, 3.05) is 0 Å². The molecule has 1 atom stereocenters. The summed E-state index contributed by atoms with van der Waals surface area (Å²) in [6.45, 7) is 11.8. The molecule has 1 fully saturated rings. The molecule has 1 saturated carbocycles. The molecule has 0 heterocycles. The van der Waals surface area contributed by atoms with Crippen molar-refractivity contribution < 1.29 is 35.9 Å². The Balaban J connectivity index is 0.000000579. The van der Waals surface area contributed by atoms with Crippen LogP contribution in [-0.4, -0.2) is 23.4 Å². The first-order chi connectivity index (χ1) is 15.9. The highest BCUT2D eigenvalue weighted by Crippen LogP contribution is 2.53. The number of hydrogen-bond acceptors (Lipinski definition) is 2. The van der Waals surface area contributed by atoms with Gasteiger partial charge in [0.05, 0.1) is 11.1 Å². The molecule has 0 aliphatic heterocycles. The summed E-state index contributed by atoms with van der Waals surface area (Å²) in [5.74, 6) is -0.789. The van der Waals surface area contributed by atoms with Gasteiger partial charge in [-0.05, 0) is 63.6 Å². The van der Waals surface area contributed by atoms with Gasteiger partial charge in [0, 0.05) is 23.6 Å². The molecule has 35 heavy (non-hydrogen) atoms. The largest absolute Gasteiger partial charge is 0.416 e. The third-order valence-electron chi connectivity index (χ3n) is 5.68. The Morgan fingerprint density at radius 1 is 0.886 bits per heavy atom. The summed E-state index contributed by atoms with van der Waals surface area (Å²) < 4.78 is 77.4. The third-order valence-corrected chi connectivity index (χ3v) is 5.68. The number of carbonyl (C=O) groups excluding carboxylic acids is 2. The second-order valence-corrected chi connectivity index (χ2v) is 10.0. The van der Waals surface area contributed by atoms with Crippen molar-refractivity contribution in [1.82, 2.24) is 10.6 Å². The van der Waals surface area contributed by atoms with Gasteiger partial charge in [-0.2, -0.15) is 26.3 Å². The van der Waals surface area contributed by atoms with Crippen molar-refractivity contribution in [3.63, 3.8) is 0 Å². The number of benzene rings is 1. The van der Waals surface area contributed by atoms with Gasteiger partial charge in [0.15, 0.2) is 0 Å². The van der Waals surface area contributed by atoms with Crippen LogP contribution in [0.5, 0.6) is 0 Å². The van der Waals surface area contributed by atoms with Crippen molar-refractivity contribution in [2.24, 2.45) is 5.41 Å². The molecule has 1 aromatic carbocycles. The fourth-order valence-electron chi connectivity index (χ4n) is 4.06. The van der Waals surface area contributed by atoms with Crippen LogP contribution in [-0.2, 0) is 17.1 Å². The van der Waals surface area contributed by atoms with Crippen molar-refractivity contribution in [1.29, 1.82) is 0 Å². The Morgan fingerprint density at radius 3 is 1.66 bits per heavy atom. The van der Waals surface area contributed by atoms with Gasteiger partial charge in [-0.1, -0.05) is 33.6 Å². The number of halogens is 6. The number of nitrogens with one attached hydrogen (secondary N) is 2. The van der Waals surface area contributed by atoms with Crippen LogP contribution in [0.4, 0.5) is 26.3 Å². The SMILES string of the molecule is CCC(=O)NC(C)(C)C.CCCC1(CCC)CC1NC(=O)c1cc(C(F)(F)F)cc(C(F)(F)F)c1. The zero-order valence-electron chi connectivity index (χ0n) is 21.1. The maximum absolute atomic E-state index is 12.9. The lowest BCUT2D eigenvalue weighted by Crippen LogP contribution is -2.40. The van der Waals surface area contributed by atoms with E-state index in [1.54, 1.807) is 0 Å². The molecule has 1 aliphatic rings. The minimum Gasteiger partial charge on any atom is -0.352 e. The normalized spacial score (nSPS) is 17.2. The van der Waals surface area contributed by atoms with Crippen molar-refractivity contribution in [2.45, 2.75) is 104 Å². The quantitative estimate of drug-likeness (QED) is 0.384. The van der Waals surface area contributed by atoms with Gasteiger partial charge in [-0.3, -0.25) is 9.59 Å². The van der Waals surface area contributed by atoms with E-state index in [1.807, 2.05) is 41.5 Å². The second-order valence-electron chi connectivity index (χ2n) is 10.0. The van der Waals surface area contributed by atoms with E-state index in [1.165, 1.54) is 0 Å². The van der Waals surface area contributed by atoms with Crippen LogP contribution < -0.4 is 10.6 Å². The lowest BCUT2D eigenvalue weighted by molar-refractivity contribution is -0.143. The summed E-state index contributed by atoms with van der Waals surface area (Å²) in [4.78, 5) is 23.0. The maximum Gasteiger partial charge on any atom is 0.416 e. The van der Waals surface area contributed by atoms with Gasteiger partial charge in [0.2, 0.25) is 5.91 Å². The standard InChI is InChI=1S/C18H21F6NO.C7H15NO/c1-3-5-16(6-4-2)10-14(16)25-15(26)11-7-12(17(19,20)21)9-13(8-11)18(22,23)24;1-5-6(9)8-7(2,3)4/h7-9,14H,3-6,10H2,1-2H3,(H,25,26);5H2,1-4H3,(H,8,9). The highest BCUT2D eigenvalue weighted by Gasteiger charge is 2.53. The first kappa shape index (κ1) is 30.8. The Bertz CT molecular complexity index is 834. The predicted molar refractivity (Wildman–Crippen MR) is 123 cm³/mol. The fourth-order valence-corrected chi connectivity index (χ4v) is 4.06. The average Bonchev–Trinajstić information content (AvgIpc) is 3.37. The molecule has 2 N–H and O–H groups in total. The van der Waals surface area contributed by atoms with E-state index in [2.05, 4.69) is 10.6 Å². The van der Waals surface area contributed by atoms with Gasteiger partial charge in [-0.25, -0.2) is 0 Å². The fraction of sp³-hybridized carbons (Fsp3) is 0.680. The summed E-state index contributed by atoms with van der Waals surface area (Å²) in [5, 5.41) is 5.44. The predicted octanol–water partition coefficient (Wildman–Crippen LogP) is 7.12. The molecule has 200 valence electrons. The zero-order valence-corrected chi connectivity index (χ0v) is 21.1. The molecular weight excluding hydrogens is 474 g/mol. The molecule has 0 radical (unpaired) electrons. The van der Waals surface area contributed by atoms with Crippen LogP contribution in [0.15, 0.2) is 18.2 Å². The Labute approximate surface area is 203 Å². The summed E-state index contributed by atoms with van der Waals surface area (Å²) in [6.07, 6.45) is -5.15. The molecule has 0 spiro atoms. The van der Waals surface area contributed by atoms with Gasteiger partial charge in [-0.15, -0.1) is 0 Å². The van der Waals surface area contributed by atoms with Crippen LogP contribution >= 0.6 is 0 Å². The molecule has 4 nitrogen and oxygen atoms in total. The number of alkyl halides is 6. The molecule has 0 aromatic heterocycles. The summed E-state index contributed by atoms with van der Waals surface area (Å²) in [5.41, 5.74) is -3.76. The van der Waals surface area contributed by atoms with Gasteiger partial charge < -0.3 is 10.6 Å². The minimum atomic E-state index is -4.97. The monoisotopic (exact) mass is 510 g/mol. The van der Waals surface area contributed by atoms with E-state index in [4.69, 9.17) is 0 Å². The van der Waals surface area contributed by atoms with E-state index < -0.39 is 35.0 Å². The Morgan fingerprint density at radius 2 is 1.34 bits per heavy atom. The molecule has 1 aliphatic carbocycles. The number of carbonyl (C=O) groups is 2. The first-order valence-electron chi connectivity index (χ1n) is 11.8. The van der Waals surface area contributed by atoms with Crippen LogP contribution in [0.1, 0.15) is 102 Å². The smallest absolute Gasteiger partial charge is 0.352 e. The van der Waals surface area contributed by atoms with E-state index in [-0.39, 0.29) is 29.0 Å². The Hall–Kier alpha value is -2.26. The lowest BCUT2D eigenvalue weighted by atomic mass is 9.94. The zero-order chi connectivity index (χ0) is 27.2. The molecule has 1 unspecified atom stereocenters. The molecule has 2 rings (SSSR count). The molecule has 0 bridgehead atoms. The van der Waals surface area contributed by atoms with Gasteiger partial charge in [0.1, 0.15) is 0 Å². The van der Waals surface area contributed by atoms with Crippen molar-refractivity contribution in [3.8, 4) is 0 Å². The highest BCUT2D eigenvalue weighted by atomic mass is 19.4. The highest BCUT2D eigenvalue weighted by molar-refractivity contribution is 5.95. The summed E-state index contributed by atoms with van der Waals surface area (Å²) in [6, 6.07) is 0.744. The number of rotatable bonds is 7. The average molecular weight is 511 g/mol. The van der Waals surface area contributed by atoms with Gasteiger partial charge in [0.25, 0.3) is 5.91 Å². The third kappa shape index (κ3) is 9.72. The molecule has 2 amide bonds. The summed E-state index contributed by atoms with van der Waals surface area (Å²) in [7, 11) is 0. The van der Waals surface area contributed by atoms with Crippen molar-refractivity contribution in [3.05, 3.63) is 34.9 Å². The summed E-state index contributed by atoms with van der Waals surface area (Å²) >= 11 is 0.